The molecule has 0 aliphatic heterocycles. The molecule has 2 amide bonds. The maximum absolute atomic E-state index is 13.6. The summed E-state index contributed by atoms with van der Waals surface area (Å²) in [4.78, 5) is 27.7. The summed E-state index contributed by atoms with van der Waals surface area (Å²) in [5.74, 6) is -0.356. The van der Waals surface area contributed by atoms with Gasteiger partial charge in [0.2, 0.25) is 21.8 Å². The maximum atomic E-state index is 13.6. The summed E-state index contributed by atoms with van der Waals surface area (Å²) in [5.41, 5.74) is 0.699. The van der Waals surface area contributed by atoms with Gasteiger partial charge in [-0.3, -0.25) is 13.9 Å². The van der Waals surface area contributed by atoms with E-state index in [0.29, 0.717) is 21.4 Å². The minimum Gasteiger partial charge on any atom is -0.497 e. The molecule has 1 N–H and O–H groups in total. The van der Waals surface area contributed by atoms with Gasteiger partial charge in [0.05, 0.1) is 26.2 Å². The van der Waals surface area contributed by atoms with Gasteiger partial charge in [-0.2, -0.15) is 0 Å². The van der Waals surface area contributed by atoms with E-state index in [1.807, 2.05) is 0 Å². The van der Waals surface area contributed by atoms with Crippen LogP contribution in [0.4, 0.5) is 5.69 Å². The Balaban J connectivity index is 2.50. The summed E-state index contributed by atoms with van der Waals surface area (Å²) in [6.45, 7) is 4.55. The van der Waals surface area contributed by atoms with Crippen molar-refractivity contribution in [1.82, 2.24) is 10.2 Å². The molecule has 2 aromatic rings. The lowest BCUT2D eigenvalue weighted by Crippen LogP contribution is -2.52. The van der Waals surface area contributed by atoms with Crippen LogP contribution in [0.2, 0.25) is 10.0 Å². The molecule has 0 radical (unpaired) electrons. The van der Waals surface area contributed by atoms with E-state index in [1.165, 1.54) is 37.3 Å². The molecule has 0 saturated heterocycles. The lowest BCUT2D eigenvalue weighted by Gasteiger charge is -2.32. The largest absolute Gasteiger partial charge is 0.497 e. The smallest absolute Gasteiger partial charge is 0.244 e. The van der Waals surface area contributed by atoms with Crippen LogP contribution in [0.3, 0.4) is 0 Å². The molecule has 36 heavy (non-hydrogen) atoms. The maximum Gasteiger partial charge on any atom is 0.244 e. The van der Waals surface area contributed by atoms with Gasteiger partial charge in [0.1, 0.15) is 24.1 Å². The van der Waals surface area contributed by atoms with Gasteiger partial charge in [0, 0.05) is 28.7 Å². The summed E-state index contributed by atoms with van der Waals surface area (Å²) >= 11 is 12.3. The van der Waals surface area contributed by atoms with E-state index in [-0.39, 0.29) is 24.0 Å². The van der Waals surface area contributed by atoms with Crippen LogP contribution in [0, 0.1) is 0 Å². The first-order valence-electron chi connectivity index (χ1n) is 11.0. The minimum atomic E-state index is -3.93. The van der Waals surface area contributed by atoms with Gasteiger partial charge in [-0.25, -0.2) is 8.42 Å². The quantitative estimate of drug-likeness (QED) is 0.449. The Labute approximate surface area is 222 Å². The number of hydrogen-bond acceptors (Lipinski definition) is 6. The fraction of sp³-hybridized carbons (Fsp3) is 0.417. The van der Waals surface area contributed by atoms with Gasteiger partial charge < -0.3 is 19.7 Å². The summed E-state index contributed by atoms with van der Waals surface area (Å²) in [7, 11) is -1.08. The van der Waals surface area contributed by atoms with Crippen LogP contribution in [-0.2, 0) is 26.2 Å². The topological polar surface area (TPSA) is 105 Å². The number of amides is 2. The molecule has 198 valence electrons. The van der Waals surface area contributed by atoms with Crippen molar-refractivity contribution in [3.8, 4) is 11.5 Å². The molecule has 2 rings (SSSR count). The number of carbonyl (C=O) groups excluding carboxylic acids is 2. The van der Waals surface area contributed by atoms with Crippen molar-refractivity contribution in [3.63, 3.8) is 0 Å². The lowest BCUT2D eigenvalue weighted by atomic mass is 10.1. The van der Waals surface area contributed by atoms with Gasteiger partial charge in [-0.15, -0.1) is 0 Å². The van der Waals surface area contributed by atoms with Crippen molar-refractivity contribution < 1.29 is 27.5 Å². The zero-order valence-corrected chi connectivity index (χ0v) is 23.4. The number of nitrogens with one attached hydrogen (secondary N) is 1. The molecule has 0 fully saturated rings. The zero-order valence-electron chi connectivity index (χ0n) is 21.0. The molecule has 0 saturated carbocycles. The van der Waals surface area contributed by atoms with Gasteiger partial charge >= 0.3 is 0 Å². The second-order valence-corrected chi connectivity index (χ2v) is 11.2. The average molecular weight is 561 g/mol. The fourth-order valence-corrected chi connectivity index (χ4v) is 4.73. The number of carbonyl (C=O) groups is 2. The third-order valence-electron chi connectivity index (χ3n) is 5.29. The highest BCUT2D eigenvalue weighted by atomic mass is 35.5. The molecule has 0 bridgehead atoms. The van der Waals surface area contributed by atoms with Crippen LogP contribution in [-0.4, -0.2) is 64.2 Å². The zero-order chi connectivity index (χ0) is 27.2. The Bertz CT molecular complexity index is 1210. The standard InChI is InChI=1S/C24H31Cl2N3O6S/c1-15(2)27-24(31)16(3)28(13-17-7-8-18(25)11-20(17)26)23(30)14-29(36(6,32)33)21-10-9-19(34-4)12-22(21)35-5/h7-12,15-16H,13-14H2,1-6H3,(H,27,31)/t16-/m0/s1. The third kappa shape index (κ3) is 7.65. The second-order valence-electron chi connectivity index (χ2n) is 8.40. The van der Waals surface area contributed by atoms with E-state index < -0.39 is 34.4 Å². The van der Waals surface area contributed by atoms with Crippen LogP contribution in [0.5, 0.6) is 11.5 Å². The van der Waals surface area contributed by atoms with Crippen LogP contribution >= 0.6 is 23.2 Å². The number of methoxy groups -OCH3 is 2. The predicted molar refractivity (Wildman–Crippen MR) is 141 cm³/mol. The molecule has 12 heteroatoms. The Morgan fingerprint density at radius 1 is 1.03 bits per heavy atom. The molecule has 9 nitrogen and oxygen atoms in total. The summed E-state index contributed by atoms with van der Waals surface area (Å²) in [6, 6.07) is 8.28. The van der Waals surface area contributed by atoms with E-state index in [0.717, 1.165) is 10.6 Å². The molecule has 0 spiro atoms. The van der Waals surface area contributed by atoms with E-state index in [4.69, 9.17) is 32.7 Å². The van der Waals surface area contributed by atoms with E-state index in [9.17, 15) is 18.0 Å². The Morgan fingerprint density at radius 3 is 2.22 bits per heavy atom. The van der Waals surface area contributed by atoms with Crippen LogP contribution in [0.25, 0.3) is 0 Å². The fourth-order valence-electron chi connectivity index (χ4n) is 3.41. The summed E-state index contributed by atoms with van der Waals surface area (Å²) in [6.07, 6.45) is 0.985. The number of halogens is 2. The first-order valence-corrected chi connectivity index (χ1v) is 13.6. The summed E-state index contributed by atoms with van der Waals surface area (Å²) in [5, 5.41) is 3.51. The van der Waals surface area contributed by atoms with Gasteiger partial charge in [-0.05, 0) is 50.6 Å². The first-order chi connectivity index (χ1) is 16.8. The normalized spacial score (nSPS) is 12.1. The number of rotatable bonds is 11. The Morgan fingerprint density at radius 2 is 1.69 bits per heavy atom. The van der Waals surface area contributed by atoms with Crippen molar-refractivity contribution in [2.45, 2.75) is 39.4 Å². The highest BCUT2D eigenvalue weighted by molar-refractivity contribution is 7.92. The molecule has 0 aliphatic carbocycles. The number of ether oxygens (including phenoxy) is 2. The number of hydrogen-bond donors (Lipinski definition) is 1. The van der Waals surface area contributed by atoms with Crippen molar-refractivity contribution in [1.29, 1.82) is 0 Å². The molecular formula is C24H31Cl2N3O6S. The second kappa shape index (κ2) is 12.5. The van der Waals surface area contributed by atoms with Crippen molar-refractivity contribution in [2.24, 2.45) is 0 Å². The number of sulfonamides is 1. The van der Waals surface area contributed by atoms with Gasteiger partial charge in [0.25, 0.3) is 0 Å². The Kier molecular flexibility index (Phi) is 10.3. The van der Waals surface area contributed by atoms with Crippen LogP contribution in [0.15, 0.2) is 36.4 Å². The van der Waals surface area contributed by atoms with Gasteiger partial charge in [0.15, 0.2) is 0 Å². The highest BCUT2D eigenvalue weighted by Gasteiger charge is 2.31. The number of benzene rings is 2. The summed E-state index contributed by atoms with van der Waals surface area (Å²) < 4.78 is 37.0. The molecular weight excluding hydrogens is 529 g/mol. The number of anilines is 1. The monoisotopic (exact) mass is 559 g/mol. The minimum absolute atomic E-state index is 0.0428. The van der Waals surface area contributed by atoms with E-state index >= 15 is 0 Å². The average Bonchev–Trinajstić information content (AvgIpc) is 2.80. The molecule has 0 unspecified atom stereocenters. The van der Waals surface area contributed by atoms with Gasteiger partial charge in [-0.1, -0.05) is 29.3 Å². The SMILES string of the molecule is COc1ccc(N(CC(=O)N(Cc2ccc(Cl)cc2Cl)[C@@H](C)C(=O)NC(C)C)S(C)(=O)=O)c(OC)c1. The molecule has 0 aliphatic rings. The first kappa shape index (κ1) is 29.5. The number of nitrogens with zero attached hydrogens (tertiary/aromatic N) is 2. The molecule has 2 aromatic carbocycles. The van der Waals surface area contributed by atoms with Crippen molar-refractivity contribution in [2.75, 3.05) is 31.3 Å². The highest BCUT2D eigenvalue weighted by Crippen LogP contribution is 2.34. The van der Waals surface area contributed by atoms with Crippen molar-refractivity contribution in [3.05, 3.63) is 52.0 Å². The lowest BCUT2D eigenvalue weighted by molar-refractivity contribution is -0.139. The predicted octanol–water partition coefficient (Wildman–Crippen LogP) is 3.72. The third-order valence-corrected chi connectivity index (χ3v) is 7.00. The Hall–Kier alpha value is -2.69. The van der Waals surface area contributed by atoms with Crippen LogP contribution in [0.1, 0.15) is 26.3 Å². The van der Waals surface area contributed by atoms with Crippen molar-refractivity contribution >= 4 is 50.7 Å². The molecule has 0 heterocycles. The molecule has 1 atom stereocenters. The van der Waals surface area contributed by atoms with Crippen LogP contribution < -0.4 is 19.1 Å². The van der Waals surface area contributed by atoms with E-state index in [1.54, 1.807) is 39.0 Å². The van der Waals surface area contributed by atoms with E-state index in [2.05, 4.69) is 5.32 Å². The molecule has 0 aromatic heterocycles.